The predicted octanol–water partition coefficient (Wildman–Crippen LogP) is 3.56. The number of Topliss-reactive ketones (excluding diaryl/α,β-unsaturated/α-hetero) is 1. The molecule has 2 aromatic rings. The van der Waals surface area contributed by atoms with E-state index in [1.807, 2.05) is 0 Å². The highest BCUT2D eigenvalue weighted by Gasteiger charge is 2.13. The van der Waals surface area contributed by atoms with E-state index >= 15 is 0 Å². The van der Waals surface area contributed by atoms with Gasteiger partial charge in [0.2, 0.25) is 0 Å². The van der Waals surface area contributed by atoms with Gasteiger partial charge in [0.1, 0.15) is 0 Å². The van der Waals surface area contributed by atoms with Gasteiger partial charge in [0.25, 0.3) is 5.69 Å². The van der Waals surface area contributed by atoms with Crippen LogP contribution in [0.4, 0.5) is 11.4 Å². The molecule has 8 heteroatoms. The molecule has 0 amide bonds. The van der Waals surface area contributed by atoms with E-state index in [2.05, 4.69) is 5.32 Å². The first-order chi connectivity index (χ1) is 11.5. The van der Waals surface area contributed by atoms with E-state index in [0.717, 1.165) is 0 Å². The summed E-state index contributed by atoms with van der Waals surface area (Å²) in [7, 11) is 3.00. The maximum atomic E-state index is 12.3. The van der Waals surface area contributed by atoms with E-state index in [0.29, 0.717) is 22.7 Å². The van der Waals surface area contributed by atoms with Crippen LogP contribution in [0, 0.1) is 10.1 Å². The summed E-state index contributed by atoms with van der Waals surface area (Å²) in [6.07, 6.45) is 0. The Bertz CT molecular complexity index is 779. The molecule has 0 aromatic heterocycles. The van der Waals surface area contributed by atoms with Crippen LogP contribution in [-0.2, 0) is 0 Å². The third-order valence-corrected chi connectivity index (χ3v) is 3.62. The number of nitro groups is 1. The zero-order chi connectivity index (χ0) is 17.7. The van der Waals surface area contributed by atoms with Crippen molar-refractivity contribution in [2.24, 2.45) is 0 Å². The number of rotatable bonds is 7. The van der Waals surface area contributed by atoms with Crippen LogP contribution in [0.1, 0.15) is 10.4 Å². The summed E-state index contributed by atoms with van der Waals surface area (Å²) in [5, 5.41) is 13.7. The van der Waals surface area contributed by atoms with Crippen molar-refractivity contribution in [2.75, 3.05) is 26.1 Å². The molecule has 0 aliphatic heterocycles. The molecule has 0 heterocycles. The summed E-state index contributed by atoms with van der Waals surface area (Å²) < 4.78 is 10.3. The van der Waals surface area contributed by atoms with Crippen LogP contribution < -0.4 is 14.8 Å². The standard InChI is InChI=1S/C16H15ClN2O5/c1-23-15-6-3-10(7-16(15)24-2)14(20)9-18-13-5-4-11(19(21)22)8-12(13)17/h3-8,18H,9H2,1-2H3. The Labute approximate surface area is 143 Å². The smallest absolute Gasteiger partial charge is 0.271 e. The summed E-state index contributed by atoms with van der Waals surface area (Å²) in [5.41, 5.74) is 0.769. The molecule has 0 atom stereocenters. The lowest BCUT2D eigenvalue weighted by Gasteiger charge is -2.10. The number of ether oxygens (including phenoxy) is 2. The largest absolute Gasteiger partial charge is 0.493 e. The second kappa shape index (κ2) is 7.65. The lowest BCUT2D eigenvalue weighted by Crippen LogP contribution is -2.14. The molecule has 1 N–H and O–H groups in total. The average Bonchev–Trinajstić information content (AvgIpc) is 2.59. The van der Waals surface area contributed by atoms with Crippen LogP contribution in [0.2, 0.25) is 5.02 Å². The van der Waals surface area contributed by atoms with Gasteiger partial charge in [-0.05, 0) is 24.3 Å². The number of hydrogen-bond donors (Lipinski definition) is 1. The molecule has 0 radical (unpaired) electrons. The Balaban J connectivity index is 2.09. The molecule has 0 unspecified atom stereocenters. The highest BCUT2D eigenvalue weighted by molar-refractivity contribution is 6.33. The fourth-order valence-electron chi connectivity index (χ4n) is 2.05. The molecular weight excluding hydrogens is 336 g/mol. The lowest BCUT2D eigenvalue weighted by molar-refractivity contribution is -0.384. The first-order valence-electron chi connectivity index (χ1n) is 6.89. The zero-order valence-corrected chi connectivity index (χ0v) is 13.8. The Kier molecular flexibility index (Phi) is 5.59. The first kappa shape index (κ1) is 17.6. The van der Waals surface area contributed by atoms with Gasteiger partial charge in [-0.2, -0.15) is 0 Å². The minimum Gasteiger partial charge on any atom is -0.493 e. The molecule has 0 fully saturated rings. The maximum Gasteiger partial charge on any atom is 0.271 e. The average molecular weight is 351 g/mol. The molecule has 0 bridgehead atoms. The molecule has 0 saturated heterocycles. The van der Waals surface area contributed by atoms with Crippen LogP contribution in [0.25, 0.3) is 0 Å². The SMILES string of the molecule is COc1ccc(C(=O)CNc2ccc([N+](=O)[O-])cc2Cl)cc1OC. The lowest BCUT2D eigenvalue weighted by atomic mass is 10.1. The summed E-state index contributed by atoms with van der Waals surface area (Å²) in [4.78, 5) is 22.4. The highest BCUT2D eigenvalue weighted by atomic mass is 35.5. The van der Waals surface area contributed by atoms with Gasteiger partial charge in [0.15, 0.2) is 17.3 Å². The fourth-order valence-corrected chi connectivity index (χ4v) is 2.29. The fraction of sp³-hybridized carbons (Fsp3) is 0.188. The number of anilines is 1. The number of hydrogen-bond acceptors (Lipinski definition) is 6. The number of methoxy groups -OCH3 is 2. The van der Waals surface area contributed by atoms with Crippen LogP contribution in [0.5, 0.6) is 11.5 Å². The Morgan fingerprint density at radius 2 is 1.88 bits per heavy atom. The number of benzene rings is 2. The van der Waals surface area contributed by atoms with E-state index in [9.17, 15) is 14.9 Å². The van der Waals surface area contributed by atoms with Crippen molar-refractivity contribution in [3.05, 3.63) is 57.1 Å². The molecule has 0 aliphatic carbocycles. The van der Waals surface area contributed by atoms with Gasteiger partial charge in [-0.25, -0.2) is 0 Å². The van der Waals surface area contributed by atoms with Gasteiger partial charge in [-0.3, -0.25) is 14.9 Å². The molecule has 7 nitrogen and oxygen atoms in total. The van der Waals surface area contributed by atoms with Crippen molar-refractivity contribution in [1.29, 1.82) is 0 Å². The number of halogens is 1. The van der Waals surface area contributed by atoms with Crippen LogP contribution in [0.3, 0.4) is 0 Å². The third-order valence-electron chi connectivity index (χ3n) is 3.31. The van der Waals surface area contributed by atoms with E-state index < -0.39 is 4.92 Å². The van der Waals surface area contributed by atoms with Crippen molar-refractivity contribution in [3.8, 4) is 11.5 Å². The summed E-state index contributed by atoms with van der Waals surface area (Å²) in [6, 6.07) is 8.86. The monoisotopic (exact) mass is 350 g/mol. The number of nitro benzene ring substituents is 1. The number of ketones is 1. The summed E-state index contributed by atoms with van der Waals surface area (Å²) in [5.74, 6) is 0.794. The molecule has 2 rings (SSSR count). The van der Waals surface area contributed by atoms with Crippen LogP contribution in [-0.4, -0.2) is 31.5 Å². The van der Waals surface area contributed by atoms with Gasteiger partial charge in [0.05, 0.1) is 36.4 Å². The highest BCUT2D eigenvalue weighted by Crippen LogP contribution is 2.29. The second-order valence-electron chi connectivity index (χ2n) is 4.77. The van der Waals surface area contributed by atoms with Crippen LogP contribution >= 0.6 is 11.6 Å². The molecule has 126 valence electrons. The number of nitrogens with one attached hydrogen (secondary N) is 1. The molecule has 0 saturated carbocycles. The number of carbonyl (C=O) groups excluding carboxylic acids is 1. The Morgan fingerprint density at radius 1 is 1.17 bits per heavy atom. The van der Waals surface area contributed by atoms with E-state index in [1.54, 1.807) is 18.2 Å². The predicted molar refractivity (Wildman–Crippen MR) is 90.5 cm³/mol. The minimum absolute atomic E-state index is 0.0208. The van der Waals surface area contributed by atoms with Crippen molar-refractivity contribution in [3.63, 3.8) is 0 Å². The zero-order valence-electron chi connectivity index (χ0n) is 13.0. The summed E-state index contributed by atoms with van der Waals surface area (Å²) in [6.45, 7) is -0.0208. The maximum absolute atomic E-state index is 12.3. The van der Waals surface area contributed by atoms with Crippen molar-refractivity contribution in [1.82, 2.24) is 0 Å². The number of carbonyl (C=O) groups is 1. The van der Waals surface area contributed by atoms with Gasteiger partial charge >= 0.3 is 0 Å². The van der Waals surface area contributed by atoms with E-state index in [1.165, 1.54) is 32.4 Å². The van der Waals surface area contributed by atoms with Crippen molar-refractivity contribution < 1.29 is 19.2 Å². The molecule has 2 aromatic carbocycles. The normalized spacial score (nSPS) is 10.1. The van der Waals surface area contributed by atoms with Gasteiger partial charge in [0, 0.05) is 17.7 Å². The van der Waals surface area contributed by atoms with Crippen molar-refractivity contribution in [2.45, 2.75) is 0 Å². The quantitative estimate of drug-likeness (QED) is 0.466. The van der Waals surface area contributed by atoms with Crippen LogP contribution in [0.15, 0.2) is 36.4 Å². The van der Waals surface area contributed by atoms with Gasteiger partial charge in [-0.15, -0.1) is 0 Å². The van der Waals surface area contributed by atoms with E-state index in [-0.39, 0.29) is 23.0 Å². The third kappa shape index (κ3) is 3.94. The van der Waals surface area contributed by atoms with Gasteiger partial charge < -0.3 is 14.8 Å². The second-order valence-corrected chi connectivity index (χ2v) is 5.17. The minimum atomic E-state index is -0.537. The Hall–Kier alpha value is -2.80. The Morgan fingerprint density at radius 3 is 2.46 bits per heavy atom. The number of non-ortho nitro benzene ring substituents is 1. The molecular formula is C16H15ClN2O5. The van der Waals surface area contributed by atoms with E-state index in [4.69, 9.17) is 21.1 Å². The van der Waals surface area contributed by atoms with Gasteiger partial charge in [-0.1, -0.05) is 11.6 Å². The molecule has 0 spiro atoms. The number of nitrogens with zero attached hydrogens (tertiary/aromatic N) is 1. The first-order valence-corrected chi connectivity index (χ1v) is 7.27. The topological polar surface area (TPSA) is 90.7 Å². The molecule has 24 heavy (non-hydrogen) atoms. The molecule has 0 aliphatic rings. The van der Waals surface area contributed by atoms with Crippen molar-refractivity contribution >= 4 is 28.8 Å². The summed E-state index contributed by atoms with van der Waals surface area (Å²) >= 11 is 5.98.